The molecule has 0 saturated carbocycles. The summed E-state index contributed by atoms with van der Waals surface area (Å²) >= 11 is 0. The molecular formula is C19H27N3O2. The molecule has 1 aromatic rings. The second-order valence-electron chi connectivity index (χ2n) is 6.83. The van der Waals surface area contributed by atoms with Gasteiger partial charge in [-0.05, 0) is 43.9 Å². The first-order valence-corrected chi connectivity index (χ1v) is 9.00. The normalized spacial score (nSPS) is 18.6. The molecule has 0 N–H and O–H groups in total. The number of likely N-dealkylation sites (tertiary alicyclic amines) is 1. The second-order valence-corrected chi connectivity index (χ2v) is 6.83. The van der Waals surface area contributed by atoms with Crippen LogP contribution in [-0.2, 0) is 9.59 Å². The van der Waals surface area contributed by atoms with Crippen molar-refractivity contribution in [3.8, 4) is 0 Å². The molecule has 0 unspecified atom stereocenters. The van der Waals surface area contributed by atoms with Gasteiger partial charge in [0.15, 0.2) is 0 Å². The Balaban J connectivity index is 1.49. The first-order chi connectivity index (χ1) is 11.6. The summed E-state index contributed by atoms with van der Waals surface area (Å²) in [7, 11) is 0. The Bertz CT molecular complexity index is 588. The monoisotopic (exact) mass is 329 g/mol. The Kier molecular flexibility index (Phi) is 5.38. The highest BCUT2D eigenvalue weighted by molar-refractivity contribution is 5.97. The lowest BCUT2D eigenvalue weighted by Crippen LogP contribution is -2.50. The van der Waals surface area contributed by atoms with E-state index in [-0.39, 0.29) is 18.2 Å². The lowest BCUT2D eigenvalue weighted by molar-refractivity contribution is -0.141. The Hall–Kier alpha value is -2.04. The molecule has 130 valence electrons. The summed E-state index contributed by atoms with van der Waals surface area (Å²) in [6.07, 6.45) is 3.35. The Labute approximate surface area is 144 Å². The molecule has 0 radical (unpaired) electrons. The number of anilines is 1. The van der Waals surface area contributed by atoms with Crippen LogP contribution >= 0.6 is 0 Å². The molecule has 2 aliphatic heterocycles. The molecular weight excluding hydrogens is 302 g/mol. The zero-order chi connectivity index (χ0) is 16.9. The number of nitrogens with zero attached hydrogens (tertiary/aromatic N) is 3. The Morgan fingerprint density at radius 3 is 2.12 bits per heavy atom. The number of piperidine rings is 1. The minimum absolute atomic E-state index is 0.000753. The molecule has 2 saturated heterocycles. The van der Waals surface area contributed by atoms with E-state index >= 15 is 0 Å². The fourth-order valence-corrected chi connectivity index (χ4v) is 3.53. The molecule has 2 aliphatic rings. The summed E-state index contributed by atoms with van der Waals surface area (Å²) < 4.78 is 0. The number of hydrogen-bond donors (Lipinski definition) is 0. The van der Waals surface area contributed by atoms with Gasteiger partial charge in [-0.25, -0.2) is 0 Å². The number of carbonyl (C=O) groups is 2. The largest absolute Gasteiger partial charge is 0.368 e. The molecule has 2 fully saturated rings. The van der Waals surface area contributed by atoms with Gasteiger partial charge in [-0.15, -0.1) is 0 Å². The predicted octanol–water partition coefficient (Wildman–Crippen LogP) is 2.05. The zero-order valence-corrected chi connectivity index (χ0v) is 14.5. The van der Waals surface area contributed by atoms with Crippen molar-refractivity contribution < 1.29 is 9.59 Å². The van der Waals surface area contributed by atoms with Gasteiger partial charge >= 0.3 is 0 Å². The molecule has 0 atom stereocenters. The van der Waals surface area contributed by atoms with Crippen LogP contribution in [0.3, 0.4) is 0 Å². The van der Waals surface area contributed by atoms with E-state index in [9.17, 15) is 9.59 Å². The molecule has 24 heavy (non-hydrogen) atoms. The number of benzene rings is 1. The lowest BCUT2D eigenvalue weighted by atomic mass is 10.1. The van der Waals surface area contributed by atoms with Crippen LogP contribution in [0, 0.1) is 6.92 Å². The van der Waals surface area contributed by atoms with Crippen LogP contribution in [0.2, 0.25) is 0 Å². The summed E-state index contributed by atoms with van der Waals surface area (Å²) in [5.41, 5.74) is 2.46. The van der Waals surface area contributed by atoms with Gasteiger partial charge in [0.1, 0.15) is 6.42 Å². The van der Waals surface area contributed by atoms with Crippen LogP contribution in [-0.4, -0.2) is 60.9 Å². The summed E-state index contributed by atoms with van der Waals surface area (Å²) in [5.74, 6) is -0.0183. The quantitative estimate of drug-likeness (QED) is 0.797. The zero-order valence-electron chi connectivity index (χ0n) is 14.5. The summed E-state index contributed by atoms with van der Waals surface area (Å²) in [4.78, 5) is 30.7. The molecule has 2 heterocycles. The number of rotatable bonds is 3. The third-order valence-electron chi connectivity index (χ3n) is 5.01. The van der Waals surface area contributed by atoms with E-state index in [1.165, 1.54) is 17.7 Å². The van der Waals surface area contributed by atoms with Crippen LogP contribution in [0.5, 0.6) is 0 Å². The van der Waals surface area contributed by atoms with Crippen LogP contribution in [0.15, 0.2) is 24.3 Å². The van der Waals surface area contributed by atoms with E-state index in [1.54, 1.807) is 0 Å². The summed E-state index contributed by atoms with van der Waals surface area (Å²) in [6, 6.07) is 8.46. The Morgan fingerprint density at radius 2 is 1.50 bits per heavy atom. The molecule has 1 aromatic carbocycles. The van der Waals surface area contributed by atoms with E-state index in [0.717, 1.165) is 39.0 Å². The topological polar surface area (TPSA) is 43.9 Å². The predicted molar refractivity (Wildman–Crippen MR) is 95.0 cm³/mol. The minimum atomic E-state index is -0.0190. The molecule has 0 aliphatic carbocycles. The maximum Gasteiger partial charge on any atom is 0.232 e. The molecule has 5 heteroatoms. The van der Waals surface area contributed by atoms with Crippen molar-refractivity contribution in [3.63, 3.8) is 0 Å². The van der Waals surface area contributed by atoms with Gasteiger partial charge in [-0.3, -0.25) is 9.59 Å². The van der Waals surface area contributed by atoms with Gasteiger partial charge < -0.3 is 14.7 Å². The van der Waals surface area contributed by atoms with Gasteiger partial charge in [-0.2, -0.15) is 0 Å². The number of amides is 2. The van der Waals surface area contributed by atoms with Crippen molar-refractivity contribution >= 4 is 17.5 Å². The molecule has 0 spiro atoms. The van der Waals surface area contributed by atoms with E-state index in [1.807, 2.05) is 9.80 Å². The molecule has 3 rings (SSSR count). The van der Waals surface area contributed by atoms with E-state index < -0.39 is 0 Å². The maximum absolute atomic E-state index is 12.4. The van der Waals surface area contributed by atoms with Crippen molar-refractivity contribution in [1.82, 2.24) is 9.80 Å². The van der Waals surface area contributed by atoms with Crippen molar-refractivity contribution in [3.05, 3.63) is 29.8 Å². The second kappa shape index (κ2) is 7.69. The highest BCUT2D eigenvalue weighted by Crippen LogP contribution is 2.18. The average Bonchev–Trinajstić information content (AvgIpc) is 2.62. The van der Waals surface area contributed by atoms with E-state index in [2.05, 4.69) is 36.1 Å². The lowest BCUT2D eigenvalue weighted by Gasteiger charge is -2.36. The SMILES string of the molecule is Cc1cccc(N2CCN(C(=O)CC(=O)N3CCCCC3)CC2)c1. The van der Waals surface area contributed by atoms with Crippen LogP contribution in [0.25, 0.3) is 0 Å². The summed E-state index contributed by atoms with van der Waals surface area (Å²) in [5, 5.41) is 0. The average molecular weight is 329 g/mol. The van der Waals surface area contributed by atoms with Gasteiger partial charge in [0.2, 0.25) is 11.8 Å². The first-order valence-electron chi connectivity index (χ1n) is 9.00. The number of hydrogen-bond acceptors (Lipinski definition) is 3. The van der Waals surface area contributed by atoms with Gasteiger partial charge in [0, 0.05) is 45.0 Å². The number of carbonyl (C=O) groups excluding carboxylic acids is 2. The fraction of sp³-hybridized carbons (Fsp3) is 0.579. The standard InChI is InChI=1S/C19H27N3O2/c1-16-6-5-7-17(14-16)20-10-12-22(13-11-20)19(24)15-18(23)21-8-3-2-4-9-21/h5-7,14H,2-4,8-13,15H2,1H3. The summed E-state index contributed by atoms with van der Waals surface area (Å²) in [6.45, 7) is 6.76. The van der Waals surface area contributed by atoms with Crippen LogP contribution < -0.4 is 4.90 Å². The van der Waals surface area contributed by atoms with Gasteiger partial charge in [0.25, 0.3) is 0 Å². The number of piperazine rings is 1. The minimum Gasteiger partial charge on any atom is -0.368 e. The van der Waals surface area contributed by atoms with Crippen LogP contribution in [0.4, 0.5) is 5.69 Å². The van der Waals surface area contributed by atoms with Crippen molar-refractivity contribution in [2.45, 2.75) is 32.6 Å². The van der Waals surface area contributed by atoms with E-state index in [0.29, 0.717) is 13.1 Å². The highest BCUT2D eigenvalue weighted by atomic mass is 16.2. The molecule has 0 aromatic heterocycles. The Morgan fingerprint density at radius 1 is 0.875 bits per heavy atom. The van der Waals surface area contributed by atoms with Crippen molar-refractivity contribution in [2.24, 2.45) is 0 Å². The third kappa shape index (κ3) is 4.08. The van der Waals surface area contributed by atoms with Crippen molar-refractivity contribution in [2.75, 3.05) is 44.2 Å². The van der Waals surface area contributed by atoms with Crippen molar-refractivity contribution in [1.29, 1.82) is 0 Å². The van der Waals surface area contributed by atoms with Gasteiger partial charge in [0.05, 0.1) is 0 Å². The number of aryl methyl sites for hydroxylation is 1. The van der Waals surface area contributed by atoms with Crippen LogP contribution in [0.1, 0.15) is 31.2 Å². The first kappa shape index (κ1) is 16.8. The molecule has 0 bridgehead atoms. The van der Waals surface area contributed by atoms with Gasteiger partial charge in [-0.1, -0.05) is 12.1 Å². The molecule has 2 amide bonds. The fourth-order valence-electron chi connectivity index (χ4n) is 3.53. The smallest absolute Gasteiger partial charge is 0.232 e. The van der Waals surface area contributed by atoms with E-state index in [4.69, 9.17) is 0 Å². The molecule has 5 nitrogen and oxygen atoms in total. The highest BCUT2D eigenvalue weighted by Gasteiger charge is 2.25. The third-order valence-corrected chi connectivity index (χ3v) is 5.01. The maximum atomic E-state index is 12.4.